The Hall–Kier alpha value is -2.94. The van der Waals surface area contributed by atoms with Gasteiger partial charge in [0.15, 0.2) is 18.0 Å². The van der Waals surface area contributed by atoms with E-state index in [0.29, 0.717) is 16.9 Å². The Kier molecular flexibility index (Phi) is 4.08. The number of aromatic nitrogens is 5. The molecule has 0 aliphatic rings. The Morgan fingerprint density at radius 2 is 2.12 bits per heavy atom. The summed E-state index contributed by atoms with van der Waals surface area (Å²) in [5, 5.41) is 2.80. The molecule has 0 aliphatic heterocycles. The highest BCUT2D eigenvalue weighted by Crippen LogP contribution is 2.26. The van der Waals surface area contributed by atoms with Crippen molar-refractivity contribution in [2.45, 2.75) is 19.9 Å². The van der Waals surface area contributed by atoms with E-state index >= 15 is 0 Å². The summed E-state index contributed by atoms with van der Waals surface area (Å²) in [7, 11) is 0. The van der Waals surface area contributed by atoms with Crippen LogP contribution >= 0.6 is 12.3 Å². The lowest BCUT2D eigenvalue weighted by Gasteiger charge is -2.07. The van der Waals surface area contributed by atoms with Gasteiger partial charge in [0.2, 0.25) is 0 Å². The fraction of sp³-hybridized carbons (Fsp3) is 0.176. The Bertz CT molecular complexity index is 1120. The van der Waals surface area contributed by atoms with Crippen LogP contribution in [0.15, 0.2) is 43.0 Å². The number of rotatable bonds is 4. The van der Waals surface area contributed by atoms with Crippen molar-refractivity contribution >= 4 is 35.1 Å². The topological polar surface area (TPSA) is 77.1 Å². The fourth-order valence-corrected chi connectivity index (χ4v) is 3.11. The summed E-state index contributed by atoms with van der Waals surface area (Å²) in [6.45, 7) is 3.72. The van der Waals surface area contributed by atoms with Crippen molar-refractivity contribution < 1.29 is 8.68 Å². The van der Waals surface area contributed by atoms with Crippen molar-refractivity contribution in [3.63, 3.8) is 0 Å². The summed E-state index contributed by atoms with van der Waals surface area (Å²) in [4.78, 5) is 25.7. The van der Waals surface area contributed by atoms with E-state index in [1.807, 2.05) is 42.6 Å². The quantitative estimate of drug-likeness (QED) is 0.597. The number of carbonyl (C=O) groups is 1. The average Bonchev–Trinajstić information content (AvgIpc) is 3.22. The van der Waals surface area contributed by atoms with Gasteiger partial charge in [-0.3, -0.25) is 9.20 Å². The normalized spacial score (nSPS) is 11.5. The molecule has 4 heterocycles. The standard InChI is InChI=1S/C17H15FN6OS/c1-10(2)21-17(25)11-9-24(26-18)16-15(11)22-12(7-20-16)13-8-19-14-5-3-4-6-23(13)14/h3-10H,1-2H3,(H,21,25). The molecule has 26 heavy (non-hydrogen) atoms. The van der Waals surface area contributed by atoms with Gasteiger partial charge in [-0.2, -0.15) is 0 Å². The summed E-state index contributed by atoms with van der Waals surface area (Å²) >= 11 is -0.0221. The van der Waals surface area contributed by atoms with Crippen molar-refractivity contribution in [1.82, 2.24) is 28.6 Å². The van der Waals surface area contributed by atoms with Gasteiger partial charge in [-0.05, 0) is 26.0 Å². The molecular formula is C17H15FN6OS. The Balaban J connectivity index is 1.89. The molecule has 1 N–H and O–H groups in total. The van der Waals surface area contributed by atoms with E-state index in [9.17, 15) is 8.68 Å². The smallest absolute Gasteiger partial charge is 0.255 e. The van der Waals surface area contributed by atoms with Gasteiger partial charge >= 0.3 is 0 Å². The molecule has 132 valence electrons. The van der Waals surface area contributed by atoms with E-state index in [2.05, 4.69) is 20.3 Å². The third-order valence-corrected chi connectivity index (χ3v) is 4.31. The molecule has 0 aromatic carbocycles. The summed E-state index contributed by atoms with van der Waals surface area (Å²) in [6, 6.07) is 5.62. The fourth-order valence-electron chi connectivity index (χ4n) is 2.77. The molecule has 0 saturated carbocycles. The maximum Gasteiger partial charge on any atom is 0.255 e. The van der Waals surface area contributed by atoms with Gasteiger partial charge in [0.05, 0.1) is 23.7 Å². The largest absolute Gasteiger partial charge is 0.350 e. The third kappa shape index (κ3) is 2.70. The lowest BCUT2D eigenvalue weighted by atomic mass is 10.2. The molecule has 0 unspecified atom stereocenters. The van der Waals surface area contributed by atoms with Crippen molar-refractivity contribution in [2.75, 3.05) is 0 Å². The number of hydrogen-bond acceptors (Lipinski definition) is 5. The highest BCUT2D eigenvalue weighted by Gasteiger charge is 2.20. The first kappa shape index (κ1) is 16.5. The zero-order chi connectivity index (χ0) is 18.3. The zero-order valence-electron chi connectivity index (χ0n) is 14.0. The molecule has 0 bridgehead atoms. The van der Waals surface area contributed by atoms with Crippen LogP contribution in [0, 0.1) is 0 Å². The minimum atomic E-state index is -0.317. The summed E-state index contributed by atoms with van der Waals surface area (Å²) in [6.07, 6.45) is 6.53. The second kappa shape index (κ2) is 6.41. The first-order chi connectivity index (χ1) is 12.6. The molecule has 0 saturated heterocycles. The van der Waals surface area contributed by atoms with Gasteiger partial charge in [0.25, 0.3) is 5.91 Å². The maximum absolute atomic E-state index is 13.2. The predicted molar refractivity (Wildman–Crippen MR) is 98.4 cm³/mol. The molecule has 7 nitrogen and oxygen atoms in total. The number of pyridine rings is 1. The van der Waals surface area contributed by atoms with Gasteiger partial charge in [-0.15, -0.1) is 3.89 Å². The number of amides is 1. The molecule has 0 fully saturated rings. The van der Waals surface area contributed by atoms with E-state index in [1.54, 1.807) is 12.4 Å². The zero-order valence-corrected chi connectivity index (χ0v) is 14.9. The number of nitrogens with one attached hydrogen (secondary N) is 1. The lowest BCUT2D eigenvalue weighted by molar-refractivity contribution is 0.0944. The summed E-state index contributed by atoms with van der Waals surface area (Å²) in [5.41, 5.74) is 2.99. The van der Waals surface area contributed by atoms with E-state index in [1.165, 1.54) is 10.2 Å². The second-order valence-corrected chi connectivity index (χ2v) is 6.60. The van der Waals surface area contributed by atoms with Crippen LogP contribution in [-0.4, -0.2) is 35.3 Å². The highest BCUT2D eigenvalue weighted by atomic mass is 32.2. The first-order valence-electron chi connectivity index (χ1n) is 7.99. The summed E-state index contributed by atoms with van der Waals surface area (Å²) in [5.74, 6) is -0.317. The molecule has 4 aromatic rings. The highest BCUT2D eigenvalue weighted by molar-refractivity contribution is 7.92. The van der Waals surface area contributed by atoms with Crippen molar-refractivity contribution in [2.24, 2.45) is 0 Å². The van der Waals surface area contributed by atoms with E-state index in [4.69, 9.17) is 0 Å². The Morgan fingerprint density at radius 1 is 1.27 bits per heavy atom. The number of halogens is 1. The van der Waals surface area contributed by atoms with Gasteiger partial charge in [-0.1, -0.05) is 6.07 Å². The SMILES string of the molecule is CC(C)NC(=O)c1cn(SF)c2ncc(-c3cnc4ccccn34)nc12. The molecule has 4 aromatic heterocycles. The predicted octanol–water partition coefficient (Wildman–Crippen LogP) is 3.27. The molecule has 0 radical (unpaired) electrons. The number of hydrogen-bond donors (Lipinski definition) is 1. The first-order valence-corrected chi connectivity index (χ1v) is 8.66. The van der Waals surface area contributed by atoms with Crippen molar-refractivity contribution in [1.29, 1.82) is 0 Å². The van der Waals surface area contributed by atoms with Gasteiger partial charge in [0.1, 0.15) is 16.9 Å². The second-order valence-electron chi connectivity index (χ2n) is 6.07. The molecule has 0 aliphatic carbocycles. The number of nitrogens with zero attached hydrogens (tertiary/aromatic N) is 5. The Labute approximate surface area is 152 Å². The lowest BCUT2D eigenvalue weighted by Crippen LogP contribution is -2.30. The van der Waals surface area contributed by atoms with E-state index in [0.717, 1.165) is 11.3 Å². The molecule has 1 amide bonds. The average molecular weight is 370 g/mol. The monoisotopic (exact) mass is 370 g/mol. The number of carbonyl (C=O) groups excluding carboxylic acids is 1. The molecule has 4 rings (SSSR count). The number of fused-ring (bicyclic) bond motifs is 2. The minimum absolute atomic E-state index is 0.0221. The molecule has 9 heteroatoms. The third-order valence-electron chi connectivity index (χ3n) is 3.88. The van der Waals surface area contributed by atoms with Crippen LogP contribution in [-0.2, 0) is 0 Å². The van der Waals surface area contributed by atoms with Crippen LogP contribution in [0.25, 0.3) is 28.2 Å². The van der Waals surface area contributed by atoms with Crippen LogP contribution in [0.2, 0.25) is 0 Å². The van der Waals surface area contributed by atoms with Gasteiger partial charge < -0.3 is 5.32 Å². The van der Waals surface area contributed by atoms with E-state index < -0.39 is 0 Å². The van der Waals surface area contributed by atoms with Crippen molar-refractivity contribution in [3.8, 4) is 11.4 Å². The molecular weight excluding hydrogens is 355 g/mol. The van der Waals surface area contributed by atoms with Crippen LogP contribution in [0.1, 0.15) is 24.2 Å². The molecule has 0 atom stereocenters. The van der Waals surface area contributed by atoms with Crippen LogP contribution in [0.3, 0.4) is 0 Å². The van der Waals surface area contributed by atoms with Gasteiger partial charge in [-0.25, -0.2) is 18.9 Å². The van der Waals surface area contributed by atoms with Crippen molar-refractivity contribution in [3.05, 3.63) is 48.5 Å². The maximum atomic E-state index is 13.2. The van der Waals surface area contributed by atoms with Gasteiger partial charge in [0, 0.05) is 18.4 Å². The van der Waals surface area contributed by atoms with Crippen LogP contribution in [0.4, 0.5) is 3.89 Å². The summed E-state index contributed by atoms with van der Waals surface area (Å²) < 4.78 is 16.3. The van der Waals surface area contributed by atoms with E-state index in [-0.39, 0.29) is 29.8 Å². The minimum Gasteiger partial charge on any atom is -0.350 e. The molecule has 0 spiro atoms. The van der Waals surface area contributed by atoms with Crippen LogP contribution < -0.4 is 5.32 Å². The number of imidazole rings is 1. The van der Waals surface area contributed by atoms with Crippen LogP contribution in [0.5, 0.6) is 0 Å². The Morgan fingerprint density at radius 3 is 2.88 bits per heavy atom.